The molecular formula is C18H22ClN3O2. The zero-order valence-electron chi connectivity index (χ0n) is 14.3. The van der Waals surface area contributed by atoms with E-state index >= 15 is 0 Å². The first-order chi connectivity index (χ1) is 11.4. The maximum Gasteiger partial charge on any atom is 0.243 e. The second kappa shape index (κ2) is 7.93. The minimum absolute atomic E-state index is 0.132. The van der Waals surface area contributed by atoms with E-state index in [1.54, 1.807) is 13.2 Å². The Labute approximate surface area is 147 Å². The number of halogens is 1. The monoisotopic (exact) mass is 347 g/mol. The molecular weight excluding hydrogens is 326 g/mol. The Bertz CT molecular complexity index is 715. The van der Waals surface area contributed by atoms with Gasteiger partial charge in [0.25, 0.3) is 0 Å². The van der Waals surface area contributed by atoms with Crippen LogP contribution in [0, 0.1) is 6.92 Å². The first-order valence-corrected chi connectivity index (χ1v) is 7.93. The van der Waals surface area contributed by atoms with Crippen LogP contribution >= 0.6 is 11.6 Å². The lowest BCUT2D eigenvalue weighted by atomic mass is 10.2. The molecule has 6 heteroatoms. The Kier molecular flexibility index (Phi) is 5.93. The molecule has 0 radical (unpaired) electrons. The van der Waals surface area contributed by atoms with Crippen molar-refractivity contribution in [3.05, 3.63) is 47.0 Å². The minimum atomic E-state index is -0.137. The Balaban J connectivity index is 1.97. The molecule has 0 heterocycles. The molecule has 0 saturated heterocycles. The normalized spacial score (nSPS) is 10.2. The summed E-state index contributed by atoms with van der Waals surface area (Å²) < 4.78 is 5.28. The van der Waals surface area contributed by atoms with E-state index in [1.165, 1.54) is 0 Å². The van der Waals surface area contributed by atoms with Crippen molar-refractivity contribution in [3.63, 3.8) is 0 Å². The number of amides is 1. The van der Waals surface area contributed by atoms with Crippen molar-refractivity contribution in [2.45, 2.75) is 6.92 Å². The third kappa shape index (κ3) is 4.55. The summed E-state index contributed by atoms with van der Waals surface area (Å²) in [7, 11) is 5.51. The minimum Gasteiger partial charge on any atom is -0.495 e. The van der Waals surface area contributed by atoms with Crippen LogP contribution in [0.25, 0.3) is 0 Å². The number of nitrogens with one attached hydrogen (secondary N) is 2. The summed E-state index contributed by atoms with van der Waals surface area (Å²) in [4.78, 5) is 14.1. The van der Waals surface area contributed by atoms with Crippen LogP contribution < -0.4 is 20.3 Å². The highest BCUT2D eigenvalue weighted by Crippen LogP contribution is 2.30. The Morgan fingerprint density at radius 2 is 1.88 bits per heavy atom. The van der Waals surface area contributed by atoms with E-state index in [0.717, 1.165) is 22.6 Å². The number of nitrogens with zero attached hydrogens (tertiary/aromatic N) is 1. The van der Waals surface area contributed by atoms with E-state index in [4.69, 9.17) is 16.3 Å². The van der Waals surface area contributed by atoms with Crippen molar-refractivity contribution >= 4 is 34.6 Å². The average Bonchev–Trinajstić information content (AvgIpc) is 2.56. The summed E-state index contributed by atoms with van der Waals surface area (Å²) in [5.41, 5.74) is 3.48. The standard InChI is InChI=1S/C18H22ClN3O2/c1-12-9-16(17(24-4)10-15(12)19)20-11-18(23)21-13-5-7-14(8-6-13)22(2)3/h5-10,20H,11H2,1-4H3,(H,21,23). The van der Waals surface area contributed by atoms with Gasteiger partial charge in [-0.3, -0.25) is 4.79 Å². The summed E-state index contributed by atoms with van der Waals surface area (Å²) in [6.07, 6.45) is 0. The van der Waals surface area contributed by atoms with Gasteiger partial charge in [-0.2, -0.15) is 0 Å². The summed E-state index contributed by atoms with van der Waals surface area (Å²) in [6, 6.07) is 11.3. The highest BCUT2D eigenvalue weighted by atomic mass is 35.5. The van der Waals surface area contributed by atoms with E-state index in [9.17, 15) is 4.79 Å². The SMILES string of the molecule is COc1cc(Cl)c(C)cc1NCC(=O)Nc1ccc(N(C)C)cc1. The maximum absolute atomic E-state index is 12.1. The van der Waals surface area contributed by atoms with E-state index < -0.39 is 0 Å². The molecule has 0 aliphatic carbocycles. The number of rotatable bonds is 6. The molecule has 0 aliphatic heterocycles. The number of methoxy groups -OCH3 is 1. The van der Waals surface area contributed by atoms with E-state index in [0.29, 0.717) is 10.8 Å². The van der Waals surface area contributed by atoms with Gasteiger partial charge in [0.15, 0.2) is 0 Å². The summed E-state index contributed by atoms with van der Waals surface area (Å²) in [5, 5.41) is 6.56. The molecule has 5 nitrogen and oxygen atoms in total. The van der Waals surface area contributed by atoms with Gasteiger partial charge >= 0.3 is 0 Å². The molecule has 2 N–H and O–H groups in total. The number of hydrogen-bond donors (Lipinski definition) is 2. The molecule has 0 saturated carbocycles. The summed E-state index contributed by atoms with van der Waals surface area (Å²) in [6.45, 7) is 2.03. The van der Waals surface area contributed by atoms with Gasteiger partial charge in [0, 0.05) is 36.6 Å². The van der Waals surface area contributed by atoms with Crippen LogP contribution in [-0.4, -0.2) is 33.7 Å². The van der Waals surface area contributed by atoms with Crippen molar-refractivity contribution in [2.75, 3.05) is 43.3 Å². The summed E-state index contributed by atoms with van der Waals surface area (Å²) in [5.74, 6) is 0.469. The Morgan fingerprint density at radius 3 is 2.46 bits per heavy atom. The number of hydrogen-bond acceptors (Lipinski definition) is 4. The number of carbonyl (C=O) groups excluding carboxylic acids is 1. The zero-order chi connectivity index (χ0) is 17.7. The van der Waals surface area contributed by atoms with Crippen molar-refractivity contribution < 1.29 is 9.53 Å². The maximum atomic E-state index is 12.1. The van der Waals surface area contributed by atoms with Crippen LogP contribution in [0.5, 0.6) is 5.75 Å². The smallest absolute Gasteiger partial charge is 0.243 e. The lowest BCUT2D eigenvalue weighted by Crippen LogP contribution is -2.22. The molecule has 128 valence electrons. The molecule has 2 aromatic carbocycles. The number of anilines is 3. The fourth-order valence-corrected chi connectivity index (χ4v) is 2.35. The topological polar surface area (TPSA) is 53.6 Å². The molecule has 0 spiro atoms. The Morgan fingerprint density at radius 1 is 1.21 bits per heavy atom. The molecule has 0 aliphatic rings. The van der Waals surface area contributed by atoms with Crippen LogP contribution in [0.15, 0.2) is 36.4 Å². The third-order valence-electron chi connectivity index (χ3n) is 3.59. The predicted molar refractivity (Wildman–Crippen MR) is 101 cm³/mol. The molecule has 0 aromatic heterocycles. The van der Waals surface area contributed by atoms with Gasteiger partial charge in [-0.15, -0.1) is 0 Å². The highest BCUT2D eigenvalue weighted by Gasteiger charge is 2.09. The van der Waals surface area contributed by atoms with Crippen LogP contribution in [0.3, 0.4) is 0 Å². The van der Waals surface area contributed by atoms with Gasteiger partial charge in [0.2, 0.25) is 5.91 Å². The van der Waals surface area contributed by atoms with Crippen LogP contribution in [-0.2, 0) is 4.79 Å². The van der Waals surface area contributed by atoms with Gasteiger partial charge in [0.1, 0.15) is 5.75 Å². The molecule has 2 aromatic rings. The lowest BCUT2D eigenvalue weighted by Gasteiger charge is -2.14. The molecule has 0 unspecified atom stereocenters. The highest BCUT2D eigenvalue weighted by molar-refractivity contribution is 6.31. The molecule has 0 atom stereocenters. The molecule has 1 amide bonds. The Hall–Kier alpha value is -2.40. The number of aryl methyl sites for hydroxylation is 1. The molecule has 2 rings (SSSR count). The van der Waals surface area contributed by atoms with E-state index in [1.807, 2.05) is 56.3 Å². The van der Waals surface area contributed by atoms with Gasteiger partial charge in [-0.1, -0.05) is 11.6 Å². The predicted octanol–water partition coefficient (Wildman–Crippen LogP) is 3.77. The number of ether oxygens (including phenoxy) is 1. The first kappa shape index (κ1) is 17.9. The first-order valence-electron chi connectivity index (χ1n) is 7.56. The van der Waals surface area contributed by atoms with Gasteiger partial charge in [-0.05, 0) is 42.8 Å². The van der Waals surface area contributed by atoms with Gasteiger partial charge in [0.05, 0.1) is 19.3 Å². The lowest BCUT2D eigenvalue weighted by molar-refractivity contribution is -0.114. The largest absolute Gasteiger partial charge is 0.495 e. The second-order valence-corrected chi connectivity index (χ2v) is 6.05. The number of carbonyl (C=O) groups is 1. The van der Waals surface area contributed by atoms with E-state index in [-0.39, 0.29) is 12.5 Å². The average molecular weight is 348 g/mol. The van der Waals surface area contributed by atoms with E-state index in [2.05, 4.69) is 10.6 Å². The summed E-state index contributed by atoms with van der Waals surface area (Å²) >= 11 is 6.08. The fraction of sp³-hybridized carbons (Fsp3) is 0.278. The second-order valence-electron chi connectivity index (χ2n) is 5.64. The third-order valence-corrected chi connectivity index (χ3v) is 3.99. The molecule has 0 bridgehead atoms. The van der Waals surface area contributed by atoms with Crippen molar-refractivity contribution in [1.29, 1.82) is 0 Å². The number of benzene rings is 2. The van der Waals surface area contributed by atoms with Gasteiger partial charge < -0.3 is 20.3 Å². The quantitative estimate of drug-likeness (QED) is 0.835. The fourth-order valence-electron chi connectivity index (χ4n) is 2.19. The van der Waals surface area contributed by atoms with Crippen LogP contribution in [0.2, 0.25) is 5.02 Å². The molecule has 24 heavy (non-hydrogen) atoms. The van der Waals surface area contributed by atoms with Crippen molar-refractivity contribution in [3.8, 4) is 5.75 Å². The van der Waals surface area contributed by atoms with Crippen LogP contribution in [0.1, 0.15) is 5.56 Å². The van der Waals surface area contributed by atoms with Gasteiger partial charge in [-0.25, -0.2) is 0 Å². The zero-order valence-corrected chi connectivity index (χ0v) is 15.1. The van der Waals surface area contributed by atoms with Crippen LogP contribution in [0.4, 0.5) is 17.1 Å². The molecule has 0 fully saturated rings. The van der Waals surface area contributed by atoms with Crippen molar-refractivity contribution in [1.82, 2.24) is 0 Å². The van der Waals surface area contributed by atoms with Crippen molar-refractivity contribution in [2.24, 2.45) is 0 Å².